The lowest BCUT2D eigenvalue weighted by Gasteiger charge is -2.29. The Morgan fingerprint density at radius 3 is 2.80 bits per heavy atom. The summed E-state index contributed by atoms with van der Waals surface area (Å²) >= 11 is 5.94. The number of aromatic nitrogens is 2. The smallest absolute Gasteiger partial charge is 0.234 e. The maximum absolute atomic E-state index is 14.5. The molecule has 3 N–H and O–H groups in total. The number of carbonyl (C=O) groups excluding carboxylic acids is 1. The summed E-state index contributed by atoms with van der Waals surface area (Å²) in [6.07, 6.45) is 3.81. The molecule has 35 heavy (non-hydrogen) atoms. The summed E-state index contributed by atoms with van der Waals surface area (Å²) in [5, 5.41) is 3.74. The molecule has 10 heteroatoms. The van der Waals surface area contributed by atoms with E-state index < -0.39 is 11.9 Å². The number of methoxy groups -OCH3 is 1. The van der Waals surface area contributed by atoms with E-state index in [1.807, 2.05) is 19.1 Å². The summed E-state index contributed by atoms with van der Waals surface area (Å²) in [5.74, 6) is 0.136. The minimum Gasteiger partial charge on any atom is -0.496 e. The van der Waals surface area contributed by atoms with Crippen LogP contribution in [0.5, 0.6) is 5.75 Å². The highest BCUT2D eigenvalue weighted by Gasteiger charge is 2.23. The molecule has 1 aromatic heterocycles. The van der Waals surface area contributed by atoms with E-state index in [9.17, 15) is 9.18 Å². The second-order valence-corrected chi connectivity index (χ2v) is 9.13. The minimum absolute atomic E-state index is 0.0183. The van der Waals surface area contributed by atoms with E-state index in [4.69, 9.17) is 22.1 Å². The molecule has 0 unspecified atom stereocenters. The SMILES string of the molecule is COc1cc2ncnc(Nc3cccc(Cl)c3F)c2cc1CN(CCN1CCCC1)[C@@H](C)C(N)=O. The third-order valence-corrected chi connectivity index (χ3v) is 6.77. The van der Waals surface area contributed by atoms with Gasteiger partial charge in [-0.05, 0) is 51.1 Å². The monoisotopic (exact) mass is 500 g/mol. The van der Waals surface area contributed by atoms with E-state index >= 15 is 0 Å². The van der Waals surface area contributed by atoms with Crippen LogP contribution < -0.4 is 15.8 Å². The van der Waals surface area contributed by atoms with Crippen molar-refractivity contribution in [3.8, 4) is 5.75 Å². The third kappa shape index (κ3) is 5.80. The van der Waals surface area contributed by atoms with Gasteiger partial charge in [-0.25, -0.2) is 14.4 Å². The quantitative estimate of drug-likeness (QED) is 0.435. The lowest BCUT2D eigenvalue weighted by molar-refractivity contribution is -0.123. The molecule has 186 valence electrons. The van der Waals surface area contributed by atoms with E-state index in [0.29, 0.717) is 35.6 Å². The molecular weight excluding hydrogens is 471 g/mol. The van der Waals surface area contributed by atoms with Crippen molar-refractivity contribution >= 4 is 39.9 Å². The van der Waals surface area contributed by atoms with Crippen molar-refractivity contribution in [3.05, 3.63) is 53.1 Å². The van der Waals surface area contributed by atoms with Crippen molar-refractivity contribution < 1.29 is 13.9 Å². The van der Waals surface area contributed by atoms with E-state index in [2.05, 4.69) is 25.1 Å². The van der Waals surface area contributed by atoms with Gasteiger partial charge in [-0.15, -0.1) is 0 Å². The lowest BCUT2D eigenvalue weighted by atomic mass is 10.1. The van der Waals surface area contributed by atoms with Crippen molar-refractivity contribution in [3.63, 3.8) is 0 Å². The summed E-state index contributed by atoms with van der Waals surface area (Å²) in [6, 6.07) is 8.01. The molecule has 3 aromatic rings. The Balaban J connectivity index is 1.67. The average Bonchev–Trinajstić information content (AvgIpc) is 3.37. The maximum Gasteiger partial charge on any atom is 0.234 e. The zero-order valence-electron chi connectivity index (χ0n) is 19.9. The van der Waals surface area contributed by atoms with Gasteiger partial charge in [-0.1, -0.05) is 17.7 Å². The number of carbonyl (C=O) groups is 1. The van der Waals surface area contributed by atoms with Gasteiger partial charge in [0.05, 0.1) is 29.4 Å². The molecule has 1 atom stereocenters. The molecule has 1 saturated heterocycles. The predicted molar refractivity (Wildman–Crippen MR) is 136 cm³/mol. The molecule has 0 radical (unpaired) electrons. The topological polar surface area (TPSA) is 96.6 Å². The van der Waals surface area contributed by atoms with E-state index in [0.717, 1.165) is 25.2 Å². The van der Waals surface area contributed by atoms with E-state index in [1.165, 1.54) is 25.2 Å². The number of amides is 1. The van der Waals surface area contributed by atoms with Crippen LogP contribution in [0.25, 0.3) is 10.9 Å². The minimum atomic E-state index is -0.557. The van der Waals surface area contributed by atoms with Gasteiger partial charge in [0.2, 0.25) is 5.91 Å². The van der Waals surface area contributed by atoms with Crippen molar-refractivity contribution in [1.29, 1.82) is 0 Å². The number of hydrogen-bond donors (Lipinski definition) is 2. The molecule has 0 saturated carbocycles. The van der Waals surface area contributed by atoms with Gasteiger partial charge in [0.15, 0.2) is 5.82 Å². The highest BCUT2D eigenvalue weighted by Crippen LogP contribution is 2.32. The van der Waals surface area contributed by atoms with Gasteiger partial charge in [-0.2, -0.15) is 0 Å². The molecule has 0 spiro atoms. The number of ether oxygens (including phenoxy) is 1. The van der Waals surface area contributed by atoms with Gasteiger partial charge < -0.3 is 20.7 Å². The number of hydrogen-bond acceptors (Lipinski definition) is 7. The molecule has 1 aliphatic heterocycles. The lowest BCUT2D eigenvalue weighted by Crippen LogP contribution is -2.45. The first kappa shape index (κ1) is 25.1. The molecular formula is C25H30ClFN6O2. The van der Waals surface area contributed by atoms with Crippen molar-refractivity contribution in [2.75, 3.05) is 38.6 Å². The Morgan fingerprint density at radius 2 is 2.09 bits per heavy atom. The normalized spacial score (nSPS) is 15.0. The number of halogens is 2. The van der Waals surface area contributed by atoms with Crippen molar-refractivity contribution in [2.45, 2.75) is 32.4 Å². The first-order valence-electron chi connectivity index (χ1n) is 11.7. The van der Waals surface area contributed by atoms with Crippen LogP contribution in [0.1, 0.15) is 25.3 Å². The molecule has 1 fully saturated rings. The number of fused-ring (bicyclic) bond motifs is 1. The highest BCUT2D eigenvalue weighted by molar-refractivity contribution is 6.31. The summed E-state index contributed by atoms with van der Waals surface area (Å²) < 4.78 is 20.2. The molecule has 2 aromatic carbocycles. The Labute approximate surface area is 209 Å². The maximum atomic E-state index is 14.5. The predicted octanol–water partition coefficient (Wildman–Crippen LogP) is 3.95. The van der Waals surface area contributed by atoms with E-state index in [-0.39, 0.29) is 16.6 Å². The summed E-state index contributed by atoms with van der Waals surface area (Å²) in [7, 11) is 1.60. The van der Waals surface area contributed by atoms with Crippen molar-refractivity contribution in [2.24, 2.45) is 5.73 Å². The fourth-order valence-electron chi connectivity index (χ4n) is 4.35. The molecule has 8 nitrogen and oxygen atoms in total. The molecule has 4 rings (SSSR count). The Hall–Kier alpha value is -3.01. The fourth-order valence-corrected chi connectivity index (χ4v) is 4.53. The molecule has 2 heterocycles. The van der Waals surface area contributed by atoms with Crippen LogP contribution >= 0.6 is 11.6 Å². The zero-order valence-corrected chi connectivity index (χ0v) is 20.7. The number of nitrogens with one attached hydrogen (secondary N) is 1. The first-order valence-corrected chi connectivity index (χ1v) is 12.0. The Kier molecular flexibility index (Phi) is 8.00. The second kappa shape index (κ2) is 11.2. The summed E-state index contributed by atoms with van der Waals surface area (Å²) in [6.45, 7) is 5.96. The molecule has 1 aliphatic rings. The Bertz CT molecular complexity index is 1200. The van der Waals surface area contributed by atoms with E-state index in [1.54, 1.807) is 19.2 Å². The van der Waals surface area contributed by atoms with Gasteiger partial charge >= 0.3 is 0 Å². The third-order valence-electron chi connectivity index (χ3n) is 6.48. The number of likely N-dealkylation sites (tertiary alicyclic amines) is 1. The summed E-state index contributed by atoms with van der Waals surface area (Å²) in [4.78, 5) is 25.2. The number of nitrogens with two attached hydrogens (primary N) is 1. The van der Waals surface area contributed by atoms with Crippen LogP contribution in [-0.4, -0.2) is 65.0 Å². The number of nitrogens with zero attached hydrogens (tertiary/aromatic N) is 4. The largest absolute Gasteiger partial charge is 0.496 e. The molecule has 1 amide bonds. The molecule has 0 aliphatic carbocycles. The van der Waals surface area contributed by atoms with Crippen LogP contribution in [-0.2, 0) is 11.3 Å². The van der Waals surface area contributed by atoms with Crippen LogP contribution in [0.4, 0.5) is 15.9 Å². The number of primary amides is 1. The van der Waals surface area contributed by atoms with Gasteiger partial charge in [0, 0.05) is 36.7 Å². The van der Waals surface area contributed by atoms with Crippen LogP contribution in [0.2, 0.25) is 5.02 Å². The number of anilines is 2. The summed E-state index contributed by atoms with van der Waals surface area (Å²) in [5.41, 5.74) is 7.36. The Morgan fingerprint density at radius 1 is 1.31 bits per heavy atom. The second-order valence-electron chi connectivity index (χ2n) is 8.73. The number of benzene rings is 2. The van der Waals surface area contributed by atoms with Crippen LogP contribution in [0.15, 0.2) is 36.7 Å². The highest BCUT2D eigenvalue weighted by atomic mass is 35.5. The first-order chi connectivity index (χ1) is 16.9. The van der Waals surface area contributed by atoms with Crippen molar-refractivity contribution in [1.82, 2.24) is 19.8 Å². The fraction of sp³-hybridized carbons (Fsp3) is 0.400. The number of rotatable bonds is 10. The van der Waals surface area contributed by atoms with Crippen LogP contribution in [0, 0.1) is 5.82 Å². The standard InChI is InChI=1S/C25H30ClFN6O2/c1-16(24(28)34)33(11-10-32-8-3-4-9-32)14-17-12-18-21(13-22(17)35-2)29-15-30-25(18)31-20-7-5-6-19(26)23(20)27/h5-7,12-13,15-16H,3-4,8-11,14H2,1-2H3,(H2,28,34)(H,29,30,31)/t16-/m0/s1. The van der Waals surface area contributed by atoms with Gasteiger partial charge in [-0.3, -0.25) is 9.69 Å². The van der Waals surface area contributed by atoms with Crippen LogP contribution in [0.3, 0.4) is 0 Å². The zero-order chi connectivity index (χ0) is 24.9. The molecule has 0 bridgehead atoms. The van der Waals surface area contributed by atoms with Gasteiger partial charge in [0.1, 0.15) is 17.9 Å². The van der Waals surface area contributed by atoms with Gasteiger partial charge in [0.25, 0.3) is 0 Å². The average molecular weight is 501 g/mol.